The molecule has 4 rings (SSSR count). The summed E-state index contributed by atoms with van der Waals surface area (Å²) in [6, 6.07) is 13.8. The lowest BCUT2D eigenvalue weighted by Crippen LogP contribution is -2.23. The molecule has 1 atom stereocenters. The maximum atomic E-state index is 5.59. The first kappa shape index (κ1) is 19.3. The Morgan fingerprint density at radius 2 is 1.86 bits per heavy atom. The van der Waals surface area contributed by atoms with Crippen LogP contribution in [0.15, 0.2) is 47.0 Å². The summed E-state index contributed by atoms with van der Waals surface area (Å²) < 4.78 is 21.8. The van der Waals surface area contributed by atoms with Gasteiger partial charge in [0.05, 0.1) is 27.9 Å². The normalized spacial score (nSPS) is 16.7. The van der Waals surface area contributed by atoms with Gasteiger partial charge >= 0.3 is 0 Å². The molecule has 1 fully saturated rings. The smallest absolute Gasteiger partial charge is 0.241 e. The maximum Gasteiger partial charge on any atom is 0.241 e. The van der Waals surface area contributed by atoms with E-state index in [1.807, 2.05) is 36.4 Å². The van der Waals surface area contributed by atoms with Crippen LogP contribution in [0.3, 0.4) is 0 Å². The van der Waals surface area contributed by atoms with Crippen molar-refractivity contribution in [3.05, 3.63) is 53.9 Å². The van der Waals surface area contributed by atoms with Gasteiger partial charge in [-0.3, -0.25) is 4.90 Å². The minimum atomic E-state index is 0.215. The van der Waals surface area contributed by atoms with E-state index in [-0.39, 0.29) is 6.04 Å². The summed E-state index contributed by atoms with van der Waals surface area (Å²) in [5.41, 5.74) is 1.99. The molecule has 1 aromatic heterocycles. The van der Waals surface area contributed by atoms with Crippen LogP contribution in [-0.2, 0) is 6.54 Å². The largest absolute Gasteiger partial charge is 0.497 e. The summed E-state index contributed by atoms with van der Waals surface area (Å²) >= 11 is 0. The SMILES string of the molecule is COc1cccc(-c2noc(CN3CCCC3c3cc(OC)ccc3OC)n2)c1. The second-order valence-corrected chi connectivity index (χ2v) is 6.98. The number of likely N-dealkylation sites (tertiary alicyclic amines) is 1. The van der Waals surface area contributed by atoms with Gasteiger partial charge in [-0.05, 0) is 49.7 Å². The highest BCUT2D eigenvalue weighted by Gasteiger charge is 2.30. The average Bonchev–Trinajstić information content (AvgIpc) is 3.43. The first-order chi connectivity index (χ1) is 14.2. The van der Waals surface area contributed by atoms with Gasteiger partial charge in [0.15, 0.2) is 0 Å². The van der Waals surface area contributed by atoms with Crippen LogP contribution in [-0.4, -0.2) is 42.9 Å². The fourth-order valence-electron chi connectivity index (χ4n) is 3.84. The van der Waals surface area contributed by atoms with Gasteiger partial charge in [-0.2, -0.15) is 4.98 Å². The minimum Gasteiger partial charge on any atom is -0.497 e. The van der Waals surface area contributed by atoms with Gasteiger partial charge < -0.3 is 18.7 Å². The van der Waals surface area contributed by atoms with Crippen LogP contribution in [0.4, 0.5) is 0 Å². The second-order valence-electron chi connectivity index (χ2n) is 6.98. The predicted octanol–water partition coefficient (Wildman–Crippen LogP) is 4.10. The van der Waals surface area contributed by atoms with E-state index < -0.39 is 0 Å². The molecule has 0 N–H and O–H groups in total. The van der Waals surface area contributed by atoms with Gasteiger partial charge in [0.25, 0.3) is 0 Å². The highest BCUT2D eigenvalue weighted by atomic mass is 16.5. The van der Waals surface area contributed by atoms with E-state index in [0.717, 1.165) is 47.8 Å². The molecule has 7 nitrogen and oxygen atoms in total. The van der Waals surface area contributed by atoms with Crippen molar-refractivity contribution in [3.63, 3.8) is 0 Å². The first-order valence-electron chi connectivity index (χ1n) is 9.65. The molecule has 1 aliphatic heterocycles. The summed E-state index contributed by atoms with van der Waals surface area (Å²) in [6.07, 6.45) is 2.14. The highest BCUT2D eigenvalue weighted by molar-refractivity contribution is 5.56. The maximum absolute atomic E-state index is 5.59. The molecule has 1 saturated heterocycles. The molecule has 1 unspecified atom stereocenters. The molecule has 0 spiro atoms. The number of hydrogen-bond donors (Lipinski definition) is 0. The Hall–Kier alpha value is -3.06. The average molecular weight is 395 g/mol. The van der Waals surface area contributed by atoms with E-state index in [0.29, 0.717) is 18.3 Å². The molecule has 0 saturated carbocycles. The number of aromatic nitrogens is 2. The Labute approximate surface area is 170 Å². The standard InChI is InChI=1S/C22H25N3O4/c1-26-16-7-4-6-15(12-16)22-23-21(29-24-22)14-25-11-5-8-19(25)18-13-17(27-2)9-10-20(18)28-3/h4,6-7,9-10,12-13,19H,5,8,11,14H2,1-3H3. The molecule has 0 amide bonds. The van der Waals surface area contributed by atoms with Gasteiger partial charge in [-0.1, -0.05) is 17.3 Å². The zero-order valence-corrected chi connectivity index (χ0v) is 16.9. The lowest BCUT2D eigenvalue weighted by molar-refractivity contribution is 0.209. The van der Waals surface area contributed by atoms with Gasteiger partial charge in [0, 0.05) is 17.2 Å². The third kappa shape index (κ3) is 4.05. The molecule has 2 heterocycles. The zero-order chi connectivity index (χ0) is 20.2. The number of nitrogens with zero attached hydrogens (tertiary/aromatic N) is 3. The van der Waals surface area contributed by atoms with Crippen LogP contribution >= 0.6 is 0 Å². The minimum absolute atomic E-state index is 0.215. The molecule has 7 heteroatoms. The Kier molecular flexibility index (Phi) is 5.67. The molecule has 1 aliphatic rings. The fourth-order valence-corrected chi connectivity index (χ4v) is 3.84. The van der Waals surface area contributed by atoms with Crippen molar-refractivity contribution in [3.8, 4) is 28.6 Å². The molecular weight excluding hydrogens is 370 g/mol. The van der Waals surface area contributed by atoms with E-state index in [9.17, 15) is 0 Å². The van der Waals surface area contributed by atoms with E-state index in [4.69, 9.17) is 18.7 Å². The number of rotatable bonds is 7. The molecule has 2 aromatic carbocycles. The Morgan fingerprint density at radius 1 is 1.03 bits per heavy atom. The van der Waals surface area contributed by atoms with Crippen molar-refractivity contribution in [2.75, 3.05) is 27.9 Å². The third-order valence-corrected chi connectivity index (χ3v) is 5.29. The lowest BCUT2D eigenvalue weighted by Gasteiger charge is -2.25. The van der Waals surface area contributed by atoms with Gasteiger partial charge in [0.1, 0.15) is 17.2 Å². The molecule has 0 bridgehead atoms. The van der Waals surface area contributed by atoms with E-state index >= 15 is 0 Å². The molecule has 29 heavy (non-hydrogen) atoms. The van der Waals surface area contributed by atoms with Crippen molar-refractivity contribution >= 4 is 0 Å². The van der Waals surface area contributed by atoms with Crippen molar-refractivity contribution < 1.29 is 18.7 Å². The molecule has 152 valence electrons. The van der Waals surface area contributed by atoms with Gasteiger partial charge in [-0.15, -0.1) is 0 Å². The number of benzene rings is 2. The topological polar surface area (TPSA) is 69.9 Å². The highest BCUT2D eigenvalue weighted by Crippen LogP contribution is 2.39. The predicted molar refractivity (Wildman–Crippen MR) is 108 cm³/mol. The number of methoxy groups -OCH3 is 3. The summed E-state index contributed by atoms with van der Waals surface area (Å²) in [5.74, 6) is 3.61. The van der Waals surface area contributed by atoms with Crippen molar-refractivity contribution in [1.82, 2.24) is 15.0 Å². The molecule has 0 aliphatic carbocycles. The summed E-state index contributed by atoms with van der Waals surface area (Å²) in [7, 11) is 5.01. The third-order valence-electron chi connectivity index (χ3n) is 5.29. The van der Waals surface area contributed by atoms with E-state index in [1.165, 1.54) is 0 Å². The van der Waals surface area contributed by atoms with Gasteiger partial charge in [-0.25, -0.2) is 0 Å². The molecule has 0 radical (unpaired) electrons. The van der Waals surface area contributed by atoms with E-state index in [2.05, 4.69) is 21.1 Å². The van der Waals surface area contributed by atoms with Crippen LogP contribution in [0, 0.1) is 0 Å². The Balaban J connectivity index is 1.55. The first-order valence-corrected chi connectivity index (χ1v) is 9.65. The number of ether oxygens (including phenoxy) is 3. The van der Waals surface area contributed by atoms with Crippen LogP contribution in [0.5, 0.6) is 17.2 Å². The molecule has 3 aromatic rings. The second kappa shape index (κ2) is 8.53. The quantitative estimate of drug-likeness (QED) is 0.596. The van der Waals surface area contributed by atoms with Crippen LogP contribution in [0.1, 0.15) is 30.3 Å². The van der Waals surface area contributed by atoms with Crippen LogP contribution in [0.2, 0.25) is 0 Å². The summed E-state index contributed by atoms with van der Waals surface area (Å²) in [5, 5.41) is 4.15. The van der Waals surface area contributed by atoms with Crippen molar-refractivity contribution in [2.24, 2.45) is 0 Å². The monoisotopic (exact) mass is 395 g/mol. The molecular formula is C22H25N3O4. The lowest BCUT2D eigenvalue weighted by atomic mass is 10.0. The zero-order valence-electron chi connectivity index (χ0n) is 16.9. The fraction of sp³-hybridized carbons (Fsp3) is 0.364. The Bertz CT molecular complexity index is 972. The van der Waals surface area contributed by atoms with Crippen LogP contribution in [0.25, 0.3) is 11.4 Å². The van der Waals surface area contributed by atoms with Gasteiger partial charge in [0.2, 0.25) is 11.7 Å². The number of hydrogen-bond acceptors (Lipinski definition) is 7. The van der Waals surface area contributed by atoms with Crippen molar-refractivity contribution in [1.29, 1.82) is 0 Å². The Morgan fingerprint density at radius 3 is 2.66 bits per heavy atom. The summed E-state index contributed by atoms with van der Waals surface area (Å²) in [6.45, 7) is 1.55. The van der Waals surface area contributed by atoms with Crippen LogP contribution < -0.4 is 14.2 Å². The van der Waals surface area contributed by atoms with E-state index in [1.54, 1.807) is 21.3 Å². The summed E-state index contributed by atoms with van der Waals surface area (Å²) in [4.78, 5) is 6.94. The van der Waals surface area contributed by atoms with Crippen molar-refractivity contribution in [2.45, 2.75) is 25.4 Å².